The lowest BCUT2D eigenvalue weighted by atomic mass is 10.2. The molecule has 2 amide bonds. The monoisotopic (exact) mass is 411 g/mol. The van der Waals surface area contributed by atoms with Crippen molar-refractivity contribution < 1.29 is 22.8 Å². The number of fused-ring (bicyclic) bond motifs is 1. The van der Waals surface area contributed by atoms with Crippen LogP contribution in [0.4, 0.5) is 24.0 Å². The SMILES string of the molecule is Cc1cc2cc(NC(=O)CCC(=O)Nc3nnc(C(F)(F)F)s3)ccc2n1C. The smallest absolute Gasteiger partial charge is 0.348 e. The van der Waals surface area contributed by atoms with Crippen LogP contribution in [-0.4, -0.2) is 26.6 Å². The summed E-state index contributed by atoms with van der Waals surface area (Å²) in [7, 11) is 1.95. The Labute approximate surface area is 161 Å². The lowest BCUT2D eigenvalue weighted by Gasteiger charge is -2.06. The van der Waals surface area contributed by atoms with Gasteiger partial charge in [-0.05, 0) is 31.2 Å². The van der Waals surface area contributed by atoms with Crippen LogP contribution < -0.4 is 10.6 Å². The van der Waals surface area contributed by atoms with Crippen molar-refractivity contribution >= 4 is 44.9 Å². The van der Waals surface area contributed by atoms with Gasteiger partial charge in [0.2, 0.25) is 22.0 Å². The molecule has 7 nitrogen and oxygen atoms in total. The maximum atomic E-state index is 12.5. The second kappa shape index (κ2) is 7.58. The standard InChI is InChI=1S/C17H16F3N5O2S/c1-9-7-10-8-11(3-4-12(10)25(9)2)21-13(26)5-6-14(27)22-16-24-23-15(28-16)17(18,19)20/h3-4,7-8H,5-6H2,1-2H3,(H,21,26)(H,22,24,27). The van der Waals surface area contributed by atoms with E-state index in [9.17, 15) is 22.8 Å². The number of carbonyl (C=O) groups is 2. The van der Waals surface area contributed by atoms with Crippen molar-refractivity contribution in [1.29, 1.82) is 0 Å². The highest BCUT2D eigenvalue weighted by Gasteiger charge is 2.35. The van der Waals surface area contributed by atoms with Crippen LogP contribution in [0.1, 0.15) is 23.5 Å². The van der Waals surface area contributed by atoms with Gasteiger partial charge in [-0.2, -0.15) is 13.2 Å². The molecule has 0 saturated carbocycles. The van der Waals surface area contributed by atoms with Crippen molar-refractivity contribution in [2.45, 2.75) is 25.9 Å². The van der Waals surface area contributed by atoms with E-state index in [0.29, 0.717) is 5.69 Å². The van der Waals surface area contributed by atoms with Gasteiger partial charge in [0.25, 0.3) is 0 Å². The third kappa shape index (κ3) is 4.47. The normalized spacial score (nSPS) is 11.6. The Morgan fingerprint density at radius 1 is 1.11 bits per heavy atom. The van der Waals surface area contributed by atoms with E-state index >= 15 is 0 Å². The summed E-state index contributed by atoms with van der Waals surface area (Å²) < 4.78 is 39.4. The zero-order valence-electron chi connectivity index (χ0n) is 14.9. The molecule has 0 aliphatic rings. The summed E-state index contributed by atoms with van der Waals surface area (Å²) in [5.41, 5.74) is 2.72. The fourth-order valence-electron chi connectivity index (χ4n) is 2.59. The molecule has 0 radical (unpaired) electrons. The van der Waals surface area contributed by atoms with Crippen LogP contribution in [0.2, 0.25) is 0 Å². The van der Waals surface area contributed by atoms with Crippen LogP contribution in [0, 0.1) is 6.92 Å². The number of hydrogen-bond donors (Lipinski definition) is 2. The summed E-state index contributed by atoms with van der Waals surface area (Å²) in [6, 6.07) is 7.48. The van der Waals surface area contributed by atoms with E-state index in [0.717, 1.165) is 16.6 Å². The predicted molar refractivity (Wildman–Crippen MR) is 99.1 cm³/mol. The molecule has 3 aromatic rings. The van der Waals surface area contributed by atoms with Crippen molar-refractivity contribution in [3.05, 3.63) is 35.0 Å². The minimum absolute atomic E-state index is 0.122. The highest BCUT2D eigenvalue weighted by molar-refractivity contribution is 7.15. The first-order valence-electron chi connectivity index (χ1n) is 8.20. The van der Waals surface area contributed by atoms with Gasteiger partial charge in [-0.3, -0.25) is 9.59 Å². The molecule has 0 spiro atoms. The summed E-state index contributed by atoms with van der Waals surface area (Å²) in [6.07, 6.45) is -4.93. The topological polar surface area (TPSA) is 88.9 Å². The van der Waals surface area contributed by atoms with Gasteiger partial charge in [-0.25, -0.2) is 0 Å². The van der Waals surface area contributed by atoms with Crippen molar-refractivity contribution in [3.8, 4) is 0 Å². The van der Waals surface area contributed by atoms with E-state index in [-0.39, 0.29) is 35.2 Å². The number of amides is 2. The molecule has 0 saturated heterocycles. The molecule has 148 valence electrons. The number of nitrogens with one attached hydrogen (secondary N) is 2. The molecule has 0 atom stereocenters. The highest BCUT2D eigenvalue weighted by atomic mass is 32.1. The first-order valence-corrected chi connectivity index (χ1v) is 9.01. The molecule has 0 aliphatic heterocycles. The Bertz CT molecular complexity index is 1040. The van der Waals surface area contributed by atoms with Crippen LogP contribution in [0.15, 0.2) is 24.3 Å². The molecule has 11 heteroatoms. The number of aromatic nitrogens is 3. The largest absolute Gasteiger partial charge is 0.445 e. The molecule has 0 bridgehead atoms. The lowest BCUT2D eigenvalue weighted by Crippen LogP contribution is -2.17. The summed E-state index contributed by atoms with van der Waals surface area (Å²) >= 11 is 0.228. The van der Waals surface area contributed by atoms with E-state index in [2.05, 4.69) is 20.8 Å². The maximum absolute atomic E-state index is 12.5. The van der Waals surface area contributed by atoms with Gasteiger partial charge in [0, 0.05) is 42.2 Å². The summed E-state index contributed by atoms with van der Waals surface area (Å²) in [4.78, 5) is 23.8. The average Bonchev–Trinajstić information content (AvgIpc) is 3.18. The number of nitrogens with zero attached hydrogens (tertiary/aromatic N) is 3. The van der Waals surface area contributed by atoms with E-state index in [1.54, 1.807) is 6.07 Å². The van der Waals surface area contributed by atoms with Gasteiger partial charge in [0.1, 0.15) is 0 Å². The molecule has 1 aromatic carbocycles. The Hall–Kier alpha value is -2.95. The number of halogens is 3. The second-order valence-electron chi connectivity index (χ2n) is 6.12. The Morgan fingerprint density at radius 3 is 2.43 bits per heavy atom. The van der Waals surface area contributed by atoms with Gasteiger partial charge in [-0.15, -0.1) is 10.2 Å². The zero-order valence-corrected chi connectivity index (χ0v) is 15.7. The molecule has 0 fully saturated rings. The van der Waals surface area contributed by atoms with Crippen LogP contribution >= 0.6 is 11.3 Å². The highest BCUT2D eigenvalue weighted by Crippen LogP contribution is 2.33. The number of alkyl halides is 3. The van der Waals surface area contributed by atoms with Crippen molar-refractivity contribution in [1.82, 2.24) is 14.8 Å². The van der Waals surface area contributed by atoms with Gasteiger partial charge in [0.15, 0.2) is 0 Å². The molecular weight excluding hydrogens is 395 g/mol. The maximum Gasteiger partial charge on any atom is 0.445 e. The zero-order chi connectivity index (χ0) is 20.5. The van der Waals surface area contributed by atoms with E-state index in [1.807, 2.05) is 36.7 Å². The minimum Gasteiger partial charge on any atom is -0.348 e. The lowest BCUT2D eigenvalue weighted by molar-refractivity contribution is -0.138. The fraction of sp³-hybridized carbons (Fsp3) is 0.294. The van der Waals surface area contributed by atoms with Crippen LogP contribution in [-0.2, 0) is 22.8 Å². The fourth-order valence-corrected chi connectivity index (χ4v) is 3.21. The van der Waals surface area contributed by atoms with Crippen LogP contribution in [0.3, 0.4) is 0 Å². The molecule has 28 heavy (non-hydrogen) atoms. The summed E-state index contributed by atoms with van der Waals surface area (Å²) in [5.74, 6) is -0.996. The number of carbonyl (C=O) groups excluding carboxylic acids is 2. The molecule has 2 aromatic heterocycles. The first kappa shape index (κ1) is 19.8. The van der Waals surface area contributed by atoms with Gasteiger partial charge in [0.05, 0.1) is 0 Å². The van der Waals surface area contributed by atoms with Crippen molar-refractivity contribution in [3.63, 3.8) is 0 Å². The Balaban J connectivity index is 1.52. The molecule has 0 unspecified atom stereocenters. The van der Waals surface area contributed by atoms with Gasteiger partial charge in [-0.1, -0.05) is 11.3 Å². The predicted octanol–water partition coefficient (Wildman–Crippen LogP) is 3.71. The summed E-state index contributed by atoms with van der Waals surface area (Å²) in [5, 5.41) is 10.7. The minimum atomic E-state index is -4.61. The van der Waals surface area contributed by atoms with Gasteiger partial charge >= 0.3 is 6.18 Å². The van der Waals surface area contributed by atoms with E-state index in [4.69, 9.17) is 0 Å². The quantitative estimate of drug-likeness (QED) is 0.670. The Morgan fingerprint density at radius 2 is 1.79 bits per heavy atom. The van der Waals surface area contributed by atoms with Crippen LogP contribution in [0.5, 0.6) is 0 Å². The van der Waals surface area contributed by atoms with E-state index < -0.39 is 17.1 Å². The third-order valence-electron chi connectivity index (χ3n) is 4.06. The number of anilines is 2. The summed E-state index contributed by atoms with van der Waals surface area (Å²) in [6.45, 7) is 1.98. The second-order valence-corrected chi connectivity index (χ2v) is 7.10. The van der Waals surface area contributed by atoms with Crippen molar-refractivity contribution in [2.75, 3.05) is 10.6 Å². The van der Waals surface area contributed by atoms with Gasteiger partial charge < -0.3 is 15.2 Å². The molecule has 2 N–H and O–H groups in total. The number of aryl methyl sites for hydroxylation is 2. The first-order chi connectivity index (χ1) is 13.1. The van der Waals surface area contributed by atoms with Crippen LogP contribution in [0.25, 0.3) is 10.9 Å². The average molecular weight is 411 g/mol. The molecular formula is C17H16F3N5O2S. The molecule has 3 rings (SSSR count). The third-order valence-corrected chi connectivity index (χ3v) is 4.94. The number of rotatable bonds is 5. The molecule has 0 aliphatic carbocycles. The van der Waals surface area contributed by atoms with Crippen molar-refractivity contribution in [2.24, 2.45) is 7.05 Å². The molecule has 2 heterocycles. The Kier molecular flexibility index (Phi) is 5.36. The number of hydrogen-bond acceptors (Lipinski definition) is 5. The van der Waals surface area contributed by atoms with E-state index in [1.165, 1.54) is 0 Å². The number of benzene rings is 1.